The number of ether oxygens (including phenoxy) is 2. The van der Waals surface area contributed by atoms with Crippen LogP contribution in [0.5, 0.6) is 11.5 Å². The van der Waals surface area contributed by atoms with Crippen molar-refractivity contribution in [2.24, 2.45) is 0 Å². The third kappa shape index (κ3) is 7.17. The minimum Gasteiger partial charge on any atom is -0.493 e. The number of halogens is 1. The van der Waals surface area contributed by atoms with Crippen LogP contribution in [0.1, 0.15) is 15.9 Å². The van der Waals surface area contributed by atoms with Crippen molar-refractivity contribution in [3.8, 4) is 11.5 Å². The lowest BCUT2D eigenvalue weighted by Gasteiger charge is -2.12. The number of carbonyl (C=O) groups excluding carboxylic acids is 2. The van der Waals surface area contributed by atoms with E-state index in [2.05, 4.69) is 10.6 Å². The summed E-state index contributed by atoms with van der Waals surface area (Å²) in [5.74, 6) is 0.908. The average molecular weight is 485 g/mol. The zero-order chi connectivity index (χ0) is 23.6. The summed E-state index contributed by atoms with van der Waals surface area (Å²) in [5.41, 5.74) is 2.23. The molecule has 33 heavy (non-hydrogen) atoms. The second-order valence-corrected chi connectivity index (χ2v) is 8.49. The molecule has 6 nitrogen and oxygen atoms in total. The Labute approximate surface area is 202 Å². The molecule has 0 aliphatic rings. The number of nitrogens with one attached hydrogen (secondary N) is 2. The topological polar surface area (TPSA) is 76.7 Å². The molecule has 3 rings (SSSR count). The summed E-state index contributed by atoms with van der Waals surface area (Å²) in [6.45, 7) is 0.499. The van der Waals surface area contributed by atoms with E-state index in [-0.39, 0.29) is 17.6 Å². The maximum Gasteiger partial charge on any atom is 0.252 e. The normalized spacial score (nSPS) is 10.4. The molecular formula is C25H25ClN2O4S. The van der Waals surface area contributed by atoms with Crippen molar-refractivity contribution in [3.05, 3.63) is 82.9 Å². The van der Waals surface area contributed by atoms with Crippen LogP contribution in [0.25, 0.3) is 0 Å². The van der Waals surface area contributed by atoms with Crippen molar-refractivity contribution in [1.29, 1.82) is 0 Å². The molecule has 3 aromatic carbocycles. The summed E-state index contributed by atoms with van der Waals surface area (Å²) in [7, 11) is 3.09. The van der Waals surface area contributed by atoms with E-state index in [1.54, 1.807) is 31.4 Å². The minimum absolute atomic E-state index is 0.156. The molecule has 0 aromatic heterocycles. The van der Waals surface area contributed by atoms with Gasteiger partial charge in [0, 0.05) is 28.2 Å². The Bertz CT molecular complexity index is 1110. The van der Waals surface area contributed by atoms with Gasteiger partial charge in [-0.05, 0) is 48.4 Å². The Morgan fingerprint density at radius 3 is 2.39 bits per heavy atom. The molecule has 0 bridgehead atoms. The maximum absolute atomic E-state index is 12.7. The second kappa shape index (κ2) is 12.2. The number of carbonyl (C=O) groups is 2. The van der Waals surface area contributed by atoms with Crippen LogP contribution in [-0.2, 0) is 11.2 Å². The van der Waals surface area contributed by atoms with Gasteiger partial charge in [-0.2, -0.15) is 0 Å². The lowest BCUT2D eigenvalue weighted by Crippen LogP contribution is -2.26. The fourth-order valence-electron chi connectivity index (χ4n) is 3.10. The molecule has 2 N–H and O–H groups in total. The molecule has 0 atom stereocenters. The van der Waals surface area contributed by atoms with Crippen LogP contribution in [-0.4, -0.2) is 38.3 Å². The second-order valence-electron chi connectivity index (χ2n) is 7.04. The van der Waals surface area contributed by atoms with Gasteiger partial charge in [0.05, 0.1) is 25.5 Å². The quantitative estimate of drug-likeness (QED) is 0.393. The average Bonchev–Trinajstić information content (AvgIpc) is 2.84. The first-order valence-corrected chi connectivity index (χ1v) is 11.6. The molecular weight excluding hydrogens is 460 g/mol. The first kappa shape index (κ1) is 24.5. The van der Waals surface area contributed by atoms with E-state index < -0.39 is 0 Å². The third-order valence-corrected chi connectivity index (χ3v) is 6.10. The highest BCUT2D eigenvalue weighted by Gasteiger charge is 2.13. The van der Waals surface area contributed by atoms with E-state index in [1.807, 2.05) is 42.5 Å². The first-order chi connectivity index (χ1) is 16.0. The molecule has 8 heteroatoms. The summed E-state index contributed by atoms with van der Waals surface area (Å²) in [6.07, 6.45) is 0.700. The van der Waals surface area contributed by atoms with Crippen LogP contribution in [0.3, 0.4) is 0 Å². The molecule has 0 spiro atoms. The van der Waals surface area contributed by atoms with Gasteiger partial charge in [0.25, 0.3) is 5.91 Å². The summed E-state index contributed by atoms with van der Waals surface area (Å²) >= 11 is 7.21. The number of benzene rings is 3. The Balaban J connectivity index is 1.54. The molecule has 0 fully saturated rings. The van der Waals surface area contributed by atoms with Gasteiger partial charge in [0.15, 0.2) is 11.5 Å². The molecule has 172 valence electrons. The van der Waals surface area contributed by atoms with Gasteiger partial charge < -0.3 is 20.1 Å². The zero-order valence-electron chi connectivity index (χ0n) is 18.4. The van der Waals surface area contributed by atoms with Crippen LogP contribution in [0.15, 0.2) is 71.6 Å². The van der Waals surface area contributed by atoms with E-state index >= 15 is 0 Å². The highest BCUT2D eigenvalue weighted by atomic mass is 35.5. The van der Waals surface area contributed by atoms with Gasteiger partial charge in [0.2, 0.25) is 5.91 Å². The van der Waals surface area contributed by atoms with Gasteiger partial charge in [-0.1, -0.05) is 35.9 Å². The highest BCUT2D eigenvalue weighted by molar-refractivity contribution is 8.00. The molecule has 3 aromatic rings. The zero-order valence-corrected chi connectivity index (χ0v) is 20.0. The van der Waals surface area contributed by atoms with Crippen LogP contribution in [0, 0.1) is 0 Å². The fourth-order valence-corrected chi connectivity index (χ4v) is 4.08. The van der Waals surface area contributed by atoms with Crippen molar-refractivity contribution >= 4 is 40.9 Å². The molecule has 0 saturated heterocycles. The van der Waals surface area contributed by atoms with Gasteiger partial charge >= 0.3 is 0 Å². The minimum atomic E-state index is -0.190. The van der Waals surface area contributed by atoms with E-state index in [9.17, 15) is 9.59 Å². The number of amides is 2. The number of hydrogen-bond acceptors (Lipinski definition) is 5. The monoisotopic (exact) mass is 484 g/mol. The predicted molar refractivity (Wildman–Crippen MR) is 133 cm³/mol. The number of anilines is 1. The van der Waals surface area contributed by atoms with E-state index in [0.717, 1.165) is 10.5 Å². The number of thioether (sulfide) groups is 1. The van der Waals surface area contributed by atoms with Gasteiger partial charge in [0.1, 0.15) is 0 Å². The fraction of sp³-hybridized carbons (Fsp3) is 0.200. The molecule has 0 aliphatic heterocycles. The standard InChI is InChI=1S/C25H25ClN2O4S/c1-31-21-12-11-19(15-22(21)32-2)28-24(29)16-33-23-6-4-3-5-20(23)25(30)27-14-13-17-7-9-18(26)10-8-17/h3-12,15H,13-14,16H2,1-2H3,(H,27,30)(H,28,29). The molecule has 0 heterocycles. The summed E-state index contributed by atoms with van der Waals surface area (Å²) < 4.78 is 10.5. The Morgan fingerprint density at radius 1 is 0.939 bits per heavy atom. The van der Waals surface area contributed by atoms with E-state index in [1.165, 1.54) is 18.9 Å². The largest absolute Gasteiger partial charge is 0.493 e. The predicted octanol–water partition coefficient (Wildman–Crippen LogP) is 5.06. The Kier molecular flexibility index (Phi) is 9.04. The molecule has 2 amide bonds. The van der Waals surface area contributed by atoms with E-state index in [0.29, 0.717) is 40.7 Å². The van der Waals surface area contributed by atoms with Crippen molar-refractivity contribution < 1.29 is 19.1 Å². The van der Waals surface area contributed by atoms with Crippen molar-refractivity contribution in [1.82, 2.24) is 5.32 Å². The lowest BCUT2D eigenvalue weighted by molar-refractivity contribution is -0.113. The number of rotatable bonds is 10. The Morgan fingerprint density at radius 2 is 1.67 bits per heavy atom. The summed E-state index contributed by atoms with van der Waals surface area (Å²) in [5, 5.41) is 6.46. The molecule has 0 saturated carbocycles. The van der Waals surface area contributed by atoms with Crippen molar-refractivity contribution in [2.75, 3.05) is 31.8 Å². The maximum atomic E-state index is 12.7. The molecule has 0 aliphatic carbocycles. The van der Waals surface area contributed by atoms with E-state index in [4.69, 9.17) is 21.1 Å². The van der Waals surface area contributed by atoms with Crippen LogP contribution >= 0.6 is 23.4 Å². The first-order valence-electron chi connectivity index (χ1n) is 10.3. The smallest absolute Gasteiger partial charge is 0.252 e. The molecule has 0 radical (unpaired) electrons. The summed E-state index contributed by atoms with van der Waals surface area (Å²) in [4.78, 5) is 25.9. The lowest BCUT2D eigenvalue weighted by atomic mass is 10.1. The van der Waals surface area contributed by atoms with Crippen molar-refractivity contribution in [3.63, 3.8) is 0 Å². The molecule has 0 unspecified atom stereocenters. The highest BCUT2D eigenvalue weighted by Crippen LogP contribution is 2.30. The van der Waals surface area contributed by atoms with Crippen LogP contribution in [0.4, 0.5) is 5.69 Å². The van der Waals surface area contributed by atoms with Crippen LogP contribution in [0.2, 0.25) is 5.02 Å². The van der Waals surface area contributed by atoms with Gasteiger partial charge in [-0.3, -0.25) is 9.59 Å². The third-order valence-electron chi connectivity index (χ3n) is 4.77. The SMILES string of the molecule is COc1ccc(NC(=O)CSc2ccccc2C(=O)NCCc2ccc(Cl)cc2)cc1OC. The summed E-state index contributed by atoms with van der Waals surface area (Å²) in [6, 6.07) is 20.0. The number of hydrogen-bond donors (Lipinski definition) is 2. The van der Waals surface area contributed by atoms with Gasteiger partial charge in [-0.15, -0.1) is 11.8 Å². The Hall–Kier alpha value is -3.16. The van der Waals surface area contributed by atoms with Crippen LogP contribution < -0.4 is 20.1 Å². The van der Waals surface area contributed by atoms with Crippen molar-refractivity contribution in [2.45, 2.75) is 11.3 Å². The number of methoxy groups -OCH3 is 2. The van der Waals surface area contributed by atoms with Gasteiger partial charge in [-0.25, -0.2) is 0 Å².